The number of carbonyl (C=O) groups excluding carboxylic acids is 1. The second kappa shape index (κ2) is 8.43. The number of rotatable bonds is 6. The summed E-state index contributed by atoms with van der Waals surface area (Å²) in [5, 5.41) is 6.25. The zero-order valence-electron chi connectivity index (χ0n) is 15.0. The van der Waals surface area contributed by atoms with Crippen LogP contribution in [-0.4, -0.2) is 30.9 Å². The molecule has 0 aromatic heterocycles. The molecule has 1 amide bonds. The number of methoxy groups -OCH3 is 1. The Kier molecular flexibility index (Phi) is 7.41. The second-order valence-electron chi connectivity index (χ2n) is 7.15. The second-order valence-corrected chi connectivity index (χ2v) is 8.86. The van der Waals surface area contributed by atoms with Gasteiger partial charge in [0, 0.05) is 22.6 Å². The van der Waals surface area contributed by atoms with Crippen molar-refractivity contribution in [1.29, 1.82) is 0 Å². The maximum Gasteiger partial charge on any atom is 0.408 e. The number of anilines is 1. The lowest BCUT2D eigenvalue weighted by atomic mass is 10.0. The van der Waals surface area contributed by atoms with Gasteiger partial charge in [-0.1, -0.05) is 0 Å². The van der Waals surface area contributed by atoms with Crippen molar-refractivity contribution in [2.75, 3.05) is 19.0 Å². The summed E-state index contributed by atoms with van der Waals surface area (Å²) in [4.78, 5) is 11.9. The van der Waals surface area contributed by atoms with Crippen molar-refractivity contribution in [1.82, 2.24) is 5.32 Å². The van der Waals surface area contributed by atoms with Crippen LogP contribution in [-0.2, 0) is 4.74 Å². The molecule has 5 nitrogen and oxygen atoms in total. The summed E-state index contributed by atoms with van der Waals surface area (Å²) in [6.45, 7) is 10.2. The van der Waals surface area contributed by atoms with E-state index in [-0.39, 0.29) is 5.54 Å². The van der Waals surface area contributed by atoms with Gasteiger partial charge in [0.1, 0.15) is 11.4 Å². The Morgan fingerprint density at radius 3 is 2.29 bits per heavy atom. The molecule has 0 aliphatic rings. The Morgan fingerprint density at radius 2 is 1.75 bits per heavy atom. The largest absolute Gasteiger partial charge is 0.495 e. The van der Waals surface area contributed by atoms with Crippen LogP contribution in [0, 0.1) is 0 Å². The van der Waals surface area contributed by atoms with Crippen molar-refractivity contribution in [2.45, 2.75) is 52.2 Å². The lowest BCUT2D eigenvalue weighted by Gasteiger charge is -2.29. The van der Waals surface area contributed by atoms with Gasteiger partial charge in [0.25, 0.3) is 0 Å². The molecule has 1 rings (SSSR count). The molecule has 0 aliphatic heterocycles. The summed E-state index contributed by atoms with van der Waals surface area (Å²) in [5.74, 6) is 0.756. The molecule has 0 bridgehead atoms. The molecular weight excluding hydrogens is 440 g/mol. The number of halogens is 2. The summed E-state index contributed by atoms with van der Waals surface area (Å²) < 4.78 is 12.4. The fourth-order valence-electron chi connectivity index (χ4n) is 1.97. The average molecular weight is 466 g/mol. The lowest BCUT2D eigenvalue weighted by molar-refractivity contribution is 0.0470. The summed E-state index contributed by atoms with van der Waals surface area (Å²) in [6, 6.07) is 3.85. The SMILES string of the molecule is COc1cc(NCCC(C)(C)NC(=O)OC(C)(C)C)c(Br)cc1Br. The summed E-state index contributed by atoms with van der Waals surface area (Å²) in [5.41, 5.74) is 0.0431. The van der Waals surface area contributed by atoms with E-state index in [1.165, 1.54) is 0 Å². The quantitative estimate of drug-likeness (QED) is 0.596. The smallest absolute Gasteiger partial charge is 0.408 e. The predicted octanol–water partition coefficient (Wildman–Crippen LogP) is 5.33. The maximum absolute atomic E-state index is 11.9. The molecule has 0 radical (unpaired) electrons. The third-order valence-corrected chi connectivity index (χ3v) is 4.42. The van der Waals surface area contributed by atoms with Gasteiger partial charge in [0.05, 0.1) is 17.3 Å². The van der Waals surface area contributed by atoms with Gasteiger partial charge in [-0.25, -0.2) is 4.79 Å². The molecule has 0 fully saturated rings. The molecule has 24 heavy (non-hydrogen) atoms. The zero-order chi connectivity index (χ0) is 18.5. The van der Waals surface area contributed by atoms with Crippen LogP contribution in [0.25, 0.3) is 0 Å². The fourth-order valence-corrected chi connectivity index (χ4v) is 3.27. The van der Waals surface area contributed by atoms with Gasteiger partial charge >= 0.3 is 6.09 Å². The van der Waals surface area contributed by atoms with E-state index in [1.807, 2.05) is 46.8 Å². The molecule has 1 aromatic carbocycles. The third kappa shape index (κ3) is 7.30. The Morgan fingerprint density at radius 1 is 1.12 bits per heavy atom. The Hall–Kier alpha value is -0.950. The van der Waals surface area contributed by atoms with E-state index in [0.717, 1.165) is 26.8 Å². The van der Waals surface area contributed by atoms with E-state index in [4.69, 9.17) is 9.47 Å². The first kappa shape index (κ1) is 21.1. The van der Waals surface area contributed by atoms with Crippen LogP contribution >= 0.6 is 31.9 Å². The molecule has 0 unspecified atom stereocenters. The van der Waals surface area contributed by atoms with Crippen LogP contribution in [0.4, 0.5) is 10.5 Å². The van der Waals surface area contributed by atoms with Crippen molar-refractivity contribution in [3.8, 4) is 5.75 Å². The highest BCUT2D eigenvalue weighted by atomic mass is 79.9. The molecule has 0 atom stereocenters. The highest BCUT2D eigenvalue weighted by Crippen LogP contribution is 2.34. The van der Waals surface area contributed by atoms with Crippen molar-refractivity contribution in [3.05, 3.63) is 21.1 Å². The van der Waals surface area contributed by atoms with E-state index in [1.54, 1.807) is 7.11 Å². The van der Waals surface area contributed by atoms with E-state index >= 15 is 0 Å². The normalized spacial score (nSPS) is 11.8. The fraction of sp³-hybridized carbons (Fsp3) is 0.588. The predicted molar refractivity (Wildman–Crippen MR) is 105 cm³/mol. The van der Waals surface area contributed by atoms with Crippen LogP contribution in [0.1, 0.15) is 41.0 Å². The molecule has 0 saturated carbocycles. The van der Waals surface area contributed by atoms with Crippen LogP contribution in [0.15, 0.2) is 21.1 Å². The van der Waals surface area contributed by atoms with Gasteiger partial charge in [-0.15, -0.1) is 0 Å². The standard InChI is InChI=1S/C17H26Br2N2O3/c1-16(2,3)24-15(22)21-17(4,5)7-8-20-13-10-14(23-6)12(19)9-11(13)18/h9-10,20H,7-8H2,1-6H3,(H,21,22). The molecule has 2 N–H and O–H groups in total. The number of ether oxygens (including phenoxy) is 2. The first-order valence-corrected chi connectivity index (χ1v) is 9.30. The number of nitrogens with one attached hydrogen (secondary N) is 2. The van der Waals surface area contributed by atoms with Crippen molar-refractivity contribution in [3.63, 3.8) is 0 Å². The van der Waals surface area contributed by atoms with E-state index in [0.29, 0.717) is 6.54 Å². The highest BCUT2D eigenvalue weighted by Gasteiger charge is 2.24. The van der Waals surface area contributed by atoms with Gasteiger partial charge in [0.2, 0.25) is 0 Å². The summed E-state index contributed by atoms with van der Waals surface area (Å²) in [7, 11) is 1.63. The average Bonchev–Trinajstić information content (AvgIpc) is 2.38. The maximum atomic E-state index is 11.9. The molecule has 0 saturated heterocycles. The minimum atomic E-state index is -0.503. The molecule has 0 spiro atoms. The van der Waals surface area contributed by atoms with Crippen LogP contribution in [0.3, 0.4) is 0 Å². The molecule has 0 heterocycles. The lowest BCUT2D eigenvalue weighted by Crippen LogP contribution is -2.46. The zero-order valence-corrected chi connectivity index (χ0v) is 18.2. The first-order valence-electron chi connectivity index (χ1n) is 7.71. The topological polar surface area (TPSA) is 59.6 Å². The minimum absolute atomic E-state index is 0.388. The van der Waals surface area contributed by atoms with Crippen LogP contribution < -0.4 is 15.4 Å². The minimum Gasteiger partial charge on any atom is -0.495 e. The number of amides is 1. The van der Waals surface area contributed by atoms with E-state index in [2.05, 4.69) is 42.5 Å². The Balaban J connectivity index is 2.58. The van der Waals surface area contributed by atoms with E-state index < -0.39 is 11.7 Å². The molecule has 136 valence electrons. The Bertz CT molecular complexity index is 584. The van der Waals surface area contributed by atoms with Gasteiger partial charge < -0.3 is 20.1 Å². The monoisotopic (exact) mass is 464 g/mol. The van der Waals surface area contributed by atoms with Crippen molar-refractivity contribution < 1.29 is 14.3 Å². The van der Waals surface area contributed by atoms with Gasteiger partial charge in [-0.2, -0.15) is 0 Å². The summed E-state index contributed by atoms with van der Waals surface area (Å²) in [6.07, 6.45) is 0.329. The Labute approximate surface area is 161 Å². The van der Waals surface area contributed by atoms with Gasteiger partial charge in [-0.3, -0.25) is 0 Å². The summed E-state index contributed by atoms with van der Waals surface area (Å²) >= 11 is 6.97. The number of hydrogen-bond donors (Lipinski definition) is 2. The van der Waals surface area contributed by atoms with Gasteiger partial charge in [0.15, 0.2) is 0 Å². The van der Waals surface area contributed by atoms with Crippen molar-refractivity contribution >= 4 is 43.6 Å². The number of hydrogen-bond acceptors (Lipinski definition) is 4. The third-order valence-electron chi connectivity index (χ3n) is 3.15. The molecule has 7 heteroatoms. The first-order chi connectivity index (χ1) is 10.9. The van der Waals surface area contributed by atoms with E-state index in [9.17, 15) is 4.79 Å². The molecular formula is C17H26Br2N2O3. The molecule has 1 aromatic rings. The molecule has 0 aliphatic carbocycles. The number of carbonyl (C=O) groups is 1. The number of alkyl carbamates (subject to hydrolysis) is 1. The highest BCUT2D eigenvalue weighted by molar-refractivity contribution is 9.11. The van der Waals surface area contributed by atoms with Crippen LogP contribution in [0.5, 0.6) is 5.75 Å². The van der Waals surface area contributed by atoms with Crippen LogP contribution in [0.2, 0.25) is 0 Å². The van der Waals surface area contributed by atoms with Crippen molar-refractivity contribution in [2.24, 2.45) is 0 Å². The number of benzene rings is 1. The van der Waals surface area contributed by atoms with Gasteiger partial charge in [-0.05, 0) is 79.0 Å².